The molecule has 1 unspecified atom stereocenters. The third-order valence-electron chi connectivity index (χ3n) is 0.922. The van der Waals surface area contributed by atoms with Crippen molar-refractivity contribution in [2.75, 3.05) is 6.61 Å². The van der Waals surface area contributed by atoms with Gasteiger partial charge in [-0.2, -0.15) is 13.2 Å². The molecule has 2 N–H and O–H groups in total. The standard InChI is InChI=1S/C5H9F3O2/c1-4(10,3-9)2-5(6,7)8/h9-10H,2-3H2,1H3. The molecule has 0 saturated heterocycles. The van der Waals surface area contributed by atoms with Gasteiger partial charge in [0.25, 0.3) is 0 Å². The normalized spacial score (nSPS) is 18.6. The number of aliphatic hydroxyl groups is 2. The Hall–Kier alpha value is -0.290. The number of hydrogen-bond donors (Lipinski definition) is 2. The zero-order valence-electron chi connectivity index (χ0n) is 5.44. The van der Waals surface area contributed by atoms with Crippen LogP contribution in [0.5, 0.6) is 0 Å². The summed E-state index contributed by atoms with van der Waals surface area (Å²) in [5.41, 5.74) is -2.04. The van der Waals surface area contributed by atoms with Crippen LogP contribution in [-0.4, -0.2) is 28.6 Å². The van der Waals surface area contributed by atoms with Gasteiger partial charge in [0.2, 0.25) is 0 Å². The third kappa shape index (κ3) is 4.58. The molecule has 0 aromatic heterocycles. The van der Waals surface area contributed by atoms with E-state index in [1.54, 1.807) is 0 Å². The Balaban J connectivity index is 3.89. The second kappa shape index (κ2) is 2.75. The van der Waals surface area contributed by atoms with E-state index in [-0.39, 0.29) is 0 Å². The summed E-state index contributed by atoms with van der Waals surface area (Å²) < 4.78 is 34.4. The van der Waals surface area contributed by atoms with E-state index in [0.29, 0.717) is 0 Å². The Labute approximate surface area is 56.3 Å². The SMILES string of the molecule is CC(O)(CO)CC(F)(F)F. The molecule has 0 aliphatic rings. The van der Waals surface area contributed by atoms with E-state index in [1.807, 2.05) is 0 Å². The fraction of sp³-hybridized carbons (Fsp3) is 1.00. The van der Waals surface area contributed by atoms with E-state index in [1.165, 1.54) is 0 Å². The molecule has 0 bridgehead atoms. The summed E-state index contributed by atoms with van der Waals surface area (Å²) >= 11 is 0. The van der Waals surface area contributed by atoms with Crippen molar-refractivity contribution < 1.29 is 23.4 Å². The van der Waals surface area contributed by atoms with Crippen LogP contribution < -0.4 is 0 Å². The first-order valence-corrected chi connectivity index (χ1v) is 2.67. The lowest BCUT2D eigenvalue weighted by molar-refractivity contribution is -0.179. The molecule has 0 saturated carbocycles. The molecule has 0 aliphatic carbocycles. The number of rotatable bonds is 2. The monoisotopic (exact) mass is 158 g/mol. The van der Waals surface area contributed by atoms with Gasteiger partial charge in [0.1, 0.15) is 0 Å². The molecule has 2 nitrogen and oxygen atoms in total. The van der Waals surface area contributed by atoms with Crippen LogP contribution in [0.2, 0.25) is 0 Å². The fourth-order valence-corrected chi connectivity index (χ4v) is 0.488. The Morgan fingerprint density at radius 1 is 1.30 bits per heavy atom. The molecule has 0 amide bonds. The largest absolute Gasteiger partial charge is 0.393 e. The molecule has 5 heteroatoms. The van der Waals surface area contributed by atoms with Gasteiger partial charge in [0.15, 0.2) is 0 Å². The zero-order valence-corrected chi connectivity index (χ0v) is 5.44. The van der Waals surface area contributed by atoms with Crippen molar-refractivity contribution in [3.8, 4) is 0 Å². The van der Waals surface area contributed by atoms with Crippen molar-refractivity contribution >= 4 is 0 Å². The van der Waals surface area contributed by atoms with Crippen LogP contribution in [0.1, 0.15) is 13.3 Å². The maximum Gasteiger partial charge on any atom is 0.391 e. The van der Waals surface area contributed by atoms with Crippen LogP contribution in [0.15, 0.2) is 0 Å². The lowest BCUT2D eigenvalue weighted by Crippen LogP contribution is -2.34. The predicted octanol–water partition coefficient (Wildman–Crippen LogP) is 0.682. The third-order valence-corrected chi connectivity index (χ3v) is 0.922. The average Bonchev–Trinajstić information content (AvgIpc) is 1.60. The van der Waals surface area contributed by atoms with Crippen molar-refractivity contribution in [3.05, 3.63) is 0 Å². The lowest BCUT2D eigenvalue weighted by Gasteiger charge is -2.21. The average molecular weight is 158 g/mol. The summed E-state index contributed by atoms with van der Waals surface area (Å²) in [5, 5.41) is 16.9. The van der Waals surface area contributed by atoms with Gasteiger partial charge < -0.3 is 10.2 Å². The summed E-state index contributed by atoms with van der Waals surface area (Å²) in [5.74, 6) is 0. The van der Waals surface area contributed by atoms with Crippen molar-refractivity contribution in [1.82, 2.24) is 0 Å². The molecule has 0 fully saturated rings. The molecule has 0 spiro atoms. The van der Waals surface area contributed by atoms with Gasteiger partial charge in [-0.3, -0.25) is 0 Å². The second-order valence-corrected chi connectivity index (χ2v) is 2.45. The van der Waals surface area contributed by atoms with Gasteiger partial charge in [0.05, 0.1) is 18.6 Å². The molecule has 62 valence electrons. The molecule has 0 radical (unpaired) electrons. The topological polar surface area (TPSA) is 40.5 Å². The van der Waals surface area contributed by atoms with Crippen LogP contribution in [0.3, 0.4) is 0 Å². The summed E-state index contributed by atoms with van der Waals surface area (Å²) in [4.78, 5) is 0. The van der Waals surface area contributed by atoms with E-state index >= 15 is 0 Å². The van der Waals surface area contributed by atoms with E-state index in [0.717, 1.165) is 6.92 Å². The molecule has 0 aromatic rings. The first-order valence-electron chi connectivity index (χ1n) is 2.67. The van der Waals surface area contributed by atoms with E-state index in [9.17, 15) is 13.2 Å². The van der Waals surface area contributed by atoms with Gasteiger partial charge in [0, 0.05) is 0 Å². The van der Waals surface area contributed by atoms with Gasteiger partial charge in [-0.05, 0) is 6.92 Å². The molecular weight excluding hydrogens is 149 g/mol. The first-order chi connectivity index (χ1) is 4.27. The summed E-state index contributed by atoms with van der Waals surface area (Å²) in [6.07, 6.45) is -5.80. The molecular formula is C5H9F3O2. The molecule has 0 heterocycles. The molecule has 1 atom stereocenters. The highest BCUT2D eigenvalue weighted by Gasteiger charge is 2.37. The van der Waals surface area contributed by atoms with Gasteiger partial charge in [-0.1, -0.05) is 0 Å². The van der Waals surface area contributed by atoms with Gasteiger partial charge in [-0.15, -0.1) is 0 Å². The highest BCUT2D eigenvalue weighted by Crippen LogP contribution is 2.26. The van der Waals surface area contributed by atoms with E-state index in [4.69, 9.17) is 10.2 Å². The van der Waals surface area contributed by atoms with Crippen molar-refractivity contribution in [2.24, 2.45) is 0 Å². The van der Waals surface area contributed by atoms with Crippen LogP contribution in [0.25, 0.3) is 0 Å². The Morgan fingerprint density at radius 3 is 1.80 bits per heavy atom. The molecule has 0 aromatic carbocycles. The lowest BCUT2D eigenvalue weighted by atomic mass is 10.0. The summed E-state index contributed by atoms with van der Waals surface area (Å²) in [6.45, 7) is 0.0486. The number of aliphatic hydroxyl groups excluding tert-OH is 1. The Bertz CT molecular complexity index is 108. The van der Waals surface area contributed by atoms with Crippen LogP contribution in [0, 0.1) is 0 Å². The molecule has 0 aliphatic heterocycles. The van der Waals surface area contributed by atoms with Crippen LogP contribution in [0.4, 0.5) is 13.2 Å². The molecule has 10 heavy (non-hydrogen) atoms. The fourth-order valence-electron chi connectivity index (χ4n) is 0.488. The summed E-state index contributed by atoms with van der Waals surface area (Å²) in [6, 6.07) is 0. The molecule has 0 rings (SSSR count). The highest BCUT2D eigenvalue weighted by molar-refractivity contribution is 4.74. The zero-order chi connectivity index (χ0) is 8.41. The van der Waals surface area contributed by atoms with E-state index < -0.39 is 24.8 Å². The smallest absolute Gasteiger partial charge is 0.391 e. The summed E-state index contributed by atoms with van der Waals surface area (Å²) in [7, 11) is 0. The quantitative estimate of drug-likeness (QED) is 0.620. The van der Waals surface area contributed by atoms with Crippen molar-refractivity contribution in [1.29, 1.82) is 0 Å². The predicted molar refractivity (Wildman–Crippen MR) is 28.4 cm³/mol. The minimum atomic E-state index is -4.42. The minimum absolute atomic E-state index is 0.882. The number of hydrogen-bond acceptors (Lipinski definition) is 2. The van der Waals surface area contributed by atoms with Crippen molar-refractivity contribution in [3.63, 3.8) is 0 Å². The minimum Gasteiger partial charge on any atom is -0.393 e. The number of alkyl halides is 3. The second-order valence-electron chi connectivity index (χ2n) is 2.45. The van der Waals surface area contributed by atoms with E-state index in [2.05, 4.69) is 0 Å². The van der Waals surface area contributed by atoms with Gasteiger partial charge >= 0.3 is 6.18 Å². The Kier molecular flexibility index (Phi) is 2.67. The van der Waals surface area contributed by atoms with Crippen molar-refractivity contribution in [2.45, 2.75) is 25.1 Å². The van der Waals surface area contributed by atoms with Crippen LogP contribution >= 0.6 is 0 Å². The van der Waals surface area contributed by atoms with Gasteiger partial charge in [-0.25, -0.2) is 0 Å². The Morgan fingerprint density at radius 2 is 1.70 bits per heavy atom. The maximum atomic E-state index is 11.5. The maximum absolute atomic E-state index is 11.5. The van der Waals surface area contributed by atoms with Crippen LogP contribution in [-0.2, 0) is 0 Å². The first kappa shape index (κ1) is 9.71. The highest BCUT2D eigenvalue weighted by atomic mass is 19.4. The number of halogens is 3.